The number of hydrogen-bond donors (Lipinski definition) is 1. The Kier molecular flexibility index (Phi) is 5.40. The zero-order chi connectivity index (χ0) is 15.2. The highest BCUT2D eigenvalue weighted by molar-refractivity contribution is 5.41. The lowest BCUT2D eigenvalue weighted by Crippen LogP contribution is -2.18. The van der Waals surface area contributed by atoms with Crippen molar-refractivity contribution in [1.82, 2.24) is 5.32 Å². The molecule has 112 valence electrons. The first-order valence-electron chi connectivity index (χ1n) is 7.63. The van der Waals surface area contributed by atoms with Gasteiger partial charge in [-0.05, 0) is 56.1 Å². The van der Waals surface area contributed by atoms with Gasteiger partial charge in [-0.1, -0.05) is 42.8 Å². The third kappa shape index (κ3) is 3.85. The summed E-state index contributed by atoms with van der Waals surface area (Å²) in [5.41, 5.74) is 5.16. The summed E-state index contributed by atoms with van der Waals surface area (Å²) in [6.45, 7) is 7.18. The zero-order valence-corrected chi connectivity index (χ0v) is 13.4. The maximum atomic E-state index is 5.75. The molecule has 2 aromatic carbocycles. The van der Waals surface area contributed by atoms with E-state index in [0.29, 0.717) is 0 Å². The molecular formula is C19H25NO. The van der Waals surface area contributed by atoms with E-state index in [1.807, 2.05) is 13.1 Å². The third-order valence-electron chi connectivity index (χ3n) is 3.69. The average Bonchev–Trinajstić information content (AvgIpc) is 2.48. The van der Waals surface area contributed by atoms with Crippen LogP contribution in [0.5, 0.6) is 5.75 Å². The average molecular weight is 283 g/mol. The summed E-state index contributed by atoms with van der Waals surface area (Å²) in [4.78, 5) is 0. The largest absolute Gasteiger partial charge is 0.494 e. The predicted octanol–water partition coefficient (Wildman–Crippen LogP) is 4.40. The van der Waals surface area contributed by atoms with Crippen LogP contribution in [0.3, 0.4) is 0 Å². The Labute approximate surface area is 128 Å². The molecule has 2 nitrogen and oxygen atoms in total. The predicted molar refractivity (Wildman–Crippen MR) is 89.0 cm³/mol. The molecule has 2 heteroatoms. The van der Waals surface area contributed by atoms with Crippen molar-refractivity contribution in [3.05, 3.63) is 64.7 Å². The molecule has 0 bridgehead atoms. The monoisotopic (exact) mass is 283 g/mol. The summed E-state index contributed by atoms with van der Waals surface area (Å²) < 4.78 is 5.75. The maximum absolute atomic E-state index is 5.75. The van der Waals surface area contributed by atoms with E-state index < -0.39 is 0 Å². The summed E-state index contributed by atoms with van der Waals surface area (Å²) in [5, 5.41) is 3.42. The van der Waals surface area contributed by atoms with Crippen molar-refractivity contribution in [3.63, 3.8) is 0 Å². The number of benzene rings is 2. The lowest BCUT2D eigenvalue weighted by molar-refractivity contribution is 0.317. The normalized spacial score (nSPS) is 12.2. The molecule has 2 rings (SSSR count). The number of hydrogen-bond acceptors (Lipinski definition) is 2. The molecule has 21 heavy (non-hydrogen) atoms. The minimum atomic E-state index is 0.191. The van der Waals surface area contributed by atoms with Gasteiger partial charge >= 0.3 is 0 Å². The molecule has 1 atom stereocenters. The van der Waals surface area contributed by atoms with Gasteiger partial charge in [-0.25, -0.2) is 0 Å². The molecule has 0 aliphatic heterocycles. The molecule has 0 amide bonds. The number of aryl methyl sites for hydroxylation is 2. The second kappa shape index (κ2) is 7.28. The van der Waals surface area contributed by atoms with Gasteiger partial charge in [0.1, 0.15) is 5.75 Å². The van der Waals surface area contributed by atoms with Gasteiger partial charge in [0.15, 0.2) is 0 Å². The minimum Gasteiger partial charge on any atom is -0.494 e. The lowest BCUT2D eigenvalue weighted by Gasteiger charge is -2.20. The fraction of sp³-hybridized carbons (Fsp3) is 0.368. The van der Waals surface area contributed by atoms with Crippen LogP contribution >= 0.6 is 0 Å². The van der Waals surface area contributed by atoms with Crippen LogP contribution in [0.2, 0.25) is 0 Å². The summed E-state index contributed by atoms with van der Waals surface area (Å²) in [7, 11) is 2.00. The van der Waals surface area contributed by atoms with E-state index in [9.17, 15) is 0 Å². The zero-order valence-electron chi connectivity index (χ0n) is 13.4. The van der Waals surface area contributed by atoms with Crippen LogP contribution in [0.25, 0.3) is 0 Å². The number of nitrogens with one attached hydrogen (secondary N) is 1. The van der Waals surface area contributed by atoms with Gasteiger partial charge in [0.2, 0.25) is 0 Å². The van der Waals surface area contributed by atoms with Gasteiger partial charge in [0.05, 0.1) is 12.6 Å². The van der Waals surface area contributed by atoms with Crippen LogP contribution in [0.15, 0.2) is 42.5 Å². The van der Waals surface area contributed by atoms with Crippen molar-refractivity contribution in [3.8, 4) is 5.75 Å². The molecule has 2 aromatic rings. The molecular weight excluding hydrogens is 258 g/mol. The Morgan fingerprint density at radius 2 is 1.90 bits per heavy atom. The SMILES string of the molecule is CCCOc1cccc(C(NC)c2ccc(C)cc2C)c1. The topological polar surface area (TPSA) is 21.3 Å². The van der Waals surface area contributed by atoms with Gasteiger partial charge in [0.25, 0.3) is 0 Å². The Morgan fingerprint density at radius 3 is 2.57 bits per heavy atom. The summed E-state index contributed by atoms with van der Waals surface area (Å²) in [6.07, 6.45) is 1.02. The van der Waals surface area contributed by atoms with Crippen molar-refractivity contribution in [2.24, 2.45) is 0 Å². The first kappa shape index (κ1) is 15.6. The molecule has 0 aliphatic carbocycles. The molecule has 0 aliphatic rings. The van der Waals surface area contributed by atoms with Crippen LogP contribution in [0.4, 0.5) is 0 Å². The van der Waals surface area contributed by atoms with Crippen LogP contribution in [-0.4, -0.2) is 13.7 Å². The van der Waals surface area contributed by atoms with Crippen LogP contribution in [0.1, 0.15) is 41.6 Å². The molecule has 0 fully saturated rings. The quantitative estimate of drug-likeness (QED) is 0.848. The minimum absolute atomic E-state index is 0.191. The highest BCUT2D eigenvalue weighted by Gasteiger charge is 2.14. The highest BCUT2D eigenvalue weighted by Crippen LogP contribution is 2.27. The highest BCUT2D eigenvalue weighted by atomic mass is 16.5. The third-order valence-corrected chi connectivity index (χ3v) is 3.69. The second-order valence-corrected chi connectivity index (χ2v) is 5.50. The first-order chi connectivity index (χ1) is 10.2. The first-order valence-corrected chi connectivity index (χ1v) is 7.63. The standard InChI is InChI=1S/C19H25NO/c1-5-11-21-17-8-6-7-16(13-17)19(20-4)18-10-9-14(2)12-15(18)3/h6-10,12-13,19-20H,5,11H2,1-4H3. The lowest BCUT2D eigenvalue weighted by atomic mass is 9.94. The Bertz CT molecular complexity index is 592. The van der Waals surface area contributed by atoms with Crippen LogP contribution in [-0.2, 0) is 0 Å². The summed E-state index contributed by atoms with van der Waals surface area (Å²) in [5.74, 6) is 0.944. The molecule has 1 N–H and O–H groups in total. The van der Waals surface area contributed by atoms with E-state index in [-0.39, 0.29) is 6.04 Å². The fourth-order valence-electron chi connectivity index (χ4n) is 2.66. The smallest absolute Gasteiger partial charge is 0.119 e. The molecule has 0 spiro atoms. The molecule has 0 aromatic heterocycles. The molecule has 0 heterocycles. The molecule has 0 radical (unpaired) electrons. The van der Waals surface area contributed by atoms with E-state index in [0.717, 1.165) is 18.8 Å². The van der Waals surface area contributed by atoms with Gasteiger partial charge in [-0.15, -0.1) is 0 Å². The Balaban J connectivity index is 2.32. The van der Waals surface area contributed by atoms with E-state index in [4.69, 9.17) is 4.74 Å². The fourth-order valence-corrected chi connectivity index (χ4v) is 2.66. The molecule has 0 saturated heterocycles. The Morgan fingerprint density at radius 1 is 1.10 bits per heavy atom. The van der Waals surface area contributed by atoms with Crippen molar-refractivity contribution >= 4 is 0 Å². The molecule has 0 saturated carbocycles. The maximum Gasteiger partial charge on any atom is 0.119 e. The molecule has 1 unspecified atom stereocenters. The summed E-state index contributed by atoms with van der Waals surface area (Å²) >= 11 is 0. The van der Waals surface area contributed by atoms with Gasteiger partial charge in [-0.3, -0.25) is 0 Å². The van der Waals surface area contributed by atoms with Crippen molar-refractivity contribution in [1.29, 1.82) is 0 Å². The van der Waals surface area contributed by atoms with E-state index in [1.54, 1.807) is 0 Å². The second-order valence-electron chi connectivity index (χ2n) is 5.50. The number of rotatable bonds is 6. The van der Waals surface area contributed by atoms with Crippen LogP contribution in [0, 0.1) is 13.8 Å². The van der Waals surface area contributed by atoms with E-state index in [2.05, 4.69) is 62.5 Å². The van der Waals surface area contributed by atoms with Crippen molar-refractivity contribution in [2.45, 2.75) is 33.2 Å². The summed E-state index contributed by atoms with van der Waals surface area (Å²) in [6, 6.07) is 15.2. The Hall–Kier alpha value is -1.80. The van der Waals surface area contributed by atoms with Crippen molar-refractivity contribution < 1.29 is 4.74 Å². The van der Waals surface area contributed by atoms with Crippen LogP contribution < -0.4 is 10.1 Å². The van der Waals surface area contributed by atoms with E-state index in [1.165, 1.54) is 22.3 Å². The van der Waals surface area contributed by atoms with Crippen molar-refractivity contribution in [2.75, 3.05) is 13.7 Å². The van der Waals surface area contributed by atoms with Gasteiger partial charge in [-0.2, -0.15) is 0 Å². The number of ether oxygens (including phenoxy) is 1. The van der Waals surface area contributed by atoms with E-state index >= 15 is 0 Å². The van der Waals surface area contributed by atoms with Gasteiger partial charge < -0.3 is 10.1 Å². The van der Waals surface area contributed by atoms with Gasteiger partial charge in [0, 0.05) is 0 Å².